The van der Waals surface area contributed by atoms with Gasteiger partial charge in [-0.15, -0.1) is 0 Å². The molecule has 28 heavy (non-hydrogen) atoms. The standard InChI is InChI=1S/C21H22N2O5/c1-14(21(26)27)20(15-7-3-2-4-8-15)22-18(24)11-12-23-16-9-5-6-10-17(16)28-13-19(23)25/h2-10,14,20H,11-13H2,1H3,(H,22,24)(H,26,27). The summed E-state index contributed by atoms with van der Waals surface area (Å²) in [5.74, 6) is -1.73. The fourth-order valence-electron chi connectivity index (χ4n) is 3.16. The van der Waals surface area contributed by atoms with Gasteiger partial charge in [0, 0.05) is 13.0 Å². The van der Waals surface area contributed by atoms with Crippen LogP contribution in [-0.2, 0) is 14.4 Å². The van der Waals surface area contributed by atoms with Crippen molar-refractivity contribution in [1.29, 1.82) is 0 Å². The van der Waals surface area contributed by atoms with E-state index >= 15 is 0 Å². The Morgan fingerprint density at radius 3 is 2.54 bits per heavy atom. The second-order valence-corrected chi connectivity index (χ2v) is 6.63. The maximum absolute atomic E-state index is 12.5. The summed E-state index contributed by atoms with van der Waals surface area (Å²) in [6, 6.07) is 15.5. The van der Waals surface area contributed by atoms with Gasteiger partial charge < -0.3 is 20.1 Å². The van der Waals surface area contributed by atoms with E-state index in [1.54, 1.807) is 49.4 Å². The summed E-state index contributed by atoms with van der Waals surface area (Å²) in [5.41, 5.74) is 1.35. The Morgan fingerprint density at radius 2 is 1.82 bits per heavy atom. The van der Waals surface area contributed by atoms with Gasteiger partial charge in [0.15, 0.2) is 6.61 Å². The van der Waals surface area contributed by atoms with Crippen molar-refractivity contribution in [3.05, 3.63) is 60.2 Å². The highest BCUT2D eigenvalue weighted by Gasteiger charge is 2.28. The predicted molar refractivity (Wildman–Crippen MR) is 103 cm³/mol. The van der Waals surface area contributed by atoms with Crippen molar-refractivity contribution < 1.29 is 24.2 Å². The molecule has 2 N–H and O–H groups in total. The van der Waals surface area contributed by atoms with Gasteiger partial charge in [-0.05, 0) is 24.6 Å². The molecule has 7 nitrogen and oxygen atoms in total. The molecule has 1 aliphatic heterocycles. The molecule has 1 aliphatic rings. The molecule has 7 heteroatoms. The van der Waals surface area contributed by atoms with Crippen LogP contribution in [0.4, 0.5) is 5.69 Å². The molecule has 0 bridgehead atoms. The van der Waals surface area contributed by atoms with E-state index in [9.17, 15) is 19.5 Å². The molecule has 2 atom stereocenters. The van der Waals surface area contributed by atoms with Crippen LogP contribution in [0, 0.1) is 5.92 Å². The zero-order valence-electron chi connectivity index (χ0n) is 15.5. The number of aliphatic carboxylic acids is 1. The quantitative estimate of drug-likeness (QED) is 0.767. The Morgan fingerprint density at radius 1 is 1.14 bits per heavy atom. The van der Waals surface area contributed by atoms with Crippen LogP contribution in [0.15, 0.2) is 54.6 Å². The Hall–Kier alpha value is -3.35. The van der Waals surface area contributed by atoms with Gasteiger partial charge in [-0.2, -0.15) is 0 Å². The SMILES string of the molecule is CC(C(=O)O)C(NC(=O)CCN1C(=O)COc2ccccc21)c1ccccc1. The van der Waals surface area contributed by atoms with Crippen LogP contribution >= 0.6 is 0 Å². The average Bonchev–Trinajstić information content (AvgIpc) is 2.71. The van der Waals surface area contributed by atoms with Crippen LogP contribution in [-0.4, -0.2) is 36.0 Å². The first-order chi connectivity index (χ1) is 13.5. The van der Waals surface area contributed by atoms with Gasteiger partial charge in [-0.25, -0.2) is 0 Å². The monoisotopic (exact) mass is 382 g/mol. The zero-order valence-corrected chi connectivity index (χ0v) is 15.5. The molecule has 0 spiro atoms. The lowest BCUT2D eigenvalue weighted by Crippen LogP contribution is -2.42. The summed E-state index contributed by atoms with van der Waals surface area (Å²) in [5, 5.41) is 12.2. The highest BCUT2D eigenvalue weighted by atomic mass is 16.5. The normalized spacial score (nSPS) is 15.2. The van der Waals surface area contributed by atoms with Gasteiger partial charge >= 0.3 is 5.97 Å². The molecule has 2 aromatic rings. The lowest BCUT2D eigenvalue weighted by Gasteiger charge is -2.29. The molecule has 0 radical (unpaired) electrons. The maximum atomic E-state index is 12.5. The highest BCUT2D eigenvalue weighted by Crippen LogP contribution is 2.31. The Kier molecular flexibility index (Phi) is 5.93. The molecular weight excluding hydrogens is 360 g/mol. The van der Waals surface area contributed by atoms with E-state index < -0.39 is 17.9 Å². The van der Waals surface area contributed by atoms with E-state index in [4.69, 9.17) is 4.74 Å². The lowest BCUT2D eigenvalue weighted by molar-refractivity contribution is -0.142. The molecule has 146 valence electrons. The topological polar surface area (TPSA) is 95.9 Å². The molecule has 0 aromatic heterocycles. The summed E-state index contributed by atoms with van der Waals surface area (Å²) in [4.78, 5) is 37.7. The van der Waals surface area contributed by atoms with E-state index in [2.05, 4.69) is 5.32 Å². The molecule has 0 saturated heterocycles. The van der Waals surface area contributed by atoms with Gasteiger partial charge in [-0.3, -0.25) is 14.4 Å². The van der Waals surface area contributed by atoms with Crippen LogP contribution in [0.25, 0.3) is 0 Å². The van der Waals surface area contributed by atoms with Crippen molar-refractivity contribution in [2.75, 3.05) is 18.1 Å². The largest absolute Gasteiger partial charge is 0.482 e. The summed E-state index contributed by atoms with van der Waals surface area (Å²) >= 11 is 0. The third kappa shape index (κ3) is 4.31. The first-order valence-corrected chi connectivity index (χ1v) is 9.06. The van der Waals surface area contributed by atoms with Gasteiger partial charge in [0.1, 0.15) is 5.75 Å². The van der Waals surface area contributed by atoms with Crippen molar-refractivity contribution in [3.8, 4) is 5.75 Å². The predicted octanol–water partition coefficient (Wildman–Crippen LogP) is 2.38. The number of carboxylic acids is 1. The van der Waals surface area contributed by atoms with Crippen LogP contribution in [0.5, 0.6) is 5.75 Å². The minimum Gasteiger partial charge on any atom is -0.482 e. The van der Waals surface area contributed by atoms with E-state index in [0.717, 1.165) is 5.56 Å². The fourth-order valence-corrected chi connectivity index (χ4v) is 3.16. The number of para-hydroxylation sites is 2. The number of ether oxygens (including phenoxy) is 1. The molecule has 2 unspecified atom stereocenters. The second kappa shape index (κ2) is 8.56. The number of carbonyl (C=O) groups is 3. The zero-order chi connectivity index (χ0) is 20.1. The molecule has 0 fully saturated rings. The van der Waals surface area contributed by atoms with E-state index in [1.807, 2.05) is 12.1 Å². The maximum Gasteiger partial charge on any atom is 0.308 e. The number of hydrogen-bond donors (Lipinski definition) is 2. The number of amides is 2. The number of hydrogen-bond acceptors (Lipinski definition) is 4. The summed E-state index contributed by atoms with van der Waals surface area (Å²) in [6.07, 6.45) is 0.0513. The number of carbonyl (C=O) groups excluding carboxylic acids is 2. The summed E-state index contributed by atoms with van der Waals surface area (Å²) in [6.45, 7) is 1.68. The van der Waals surface area contributed by atoms with Crippen molar-refractivity contribution in [1.82, 2.24) is 5.32 Å². The van der Waals surface area contributed by atoms with Crippen LogP contribution < -0.4 is 15.0 Å². The molecule has 1 heterocycles. The van der Waals surface area contributed by atoms with Crippen LogP contribution in [0.3, 0.4) is 0 Å². The lowest BCUT2D eigenvalue weighted by atomic mass is 9.94. The van der Waals surface area contributed by atoms with Gasteiger partial charge in [0.2, 0.25) is 5.91 Å². The molecule has 0 saturated carbocycles. The molecule has 2 aromatic carbocycles. The summed E-state index contributed by atoms with van der Waals surface area (Å²) in [7, 11) is 0. The van der Waals surface area contributed by atoms with E-state index in [0.29, 0.717) is 11.4 Å². The smallest absolute Gasteiger partial charge is 0.308 e. The molecule has 2 amide bonds. The minimum atomic E-state index is -0.994. The number of rotatable bonds is 7. The first-order valence-electron chi connectivity index (χ1n) is 9.06. The Bertz CT molecular complexity index is 868. The minimum absolute atomic E-state index is 0.0513. The average molecular weight is 382 g/mol. The Balaban J connectivity index is 1.69. The number of anilines is 1. The summed E-state index contributed by atoms with van der Waals surface area (Å²) < 4.78 is 5.40. The van der Waals surface area contributed by atoms with Crippen molar-refractivity contribution in [2.45, 2.75) is 19.4 Å². The van der Waals surface area contributed by atoms with Gasteiger partial charge in [-0.1, -0.05) is 42.5 Å². The molecule has 0 aliphatic carbocycles. The van der Waals surface area contributed by atoms with Crippen molar-refractivity contribution in [3.63, 3.8) is 0 Å². The van der Waals surface area contributed by atoms with Gasteiger partial charge in [0.05, 0.1) is 17.6 Å². The first kappa shape index (κ1) is 19.4. The molecule has 3 rings (SSSR count). The van der Waals surface area contributed by atoms with Crippen molar-refractivity contribution >= 4 is 23.5 Å². The second-order valence-electron chi connectivity index (χ2n) is 6.63. The van der Waals surface area contributed by atoms with Crippen LogP contribution in [0.2, 0.25) is 0 Å². The van der Waals surface area contributed by atoms with E-state index in [1.165, 1.54) is 4.90 Å². The fraction of sp³-hybridized carbons (Fsp3) is 0.286. The number of carboxylic acid groups (broad SMARTS) is 1. The third-order valence-electron chi connectivity index (χ3n) is 4.74. The highest BCUT2D eigenvalue weighted by molar-refractivity contribution is 5.98. The Labute approximate surface area is 162 Å². The number of nitrogens with zero attached hydrogens (tertiary/aromatic N) is 1. The van der Waals surface area contributed by atoms with Gasteiger partial charge in [0.25, 0.3) is 5.91 Å². The number of benzene rings is 2. The molecular formula is C21H22N2O5. The third-order valence-corrected chi connectivity index (χ3v) is 4.74. The number of fused-ring (bicyclic) bond motifs is 1. The van der Waals surface area contributed by atoms with Crippen LogP contribution in [0.1, 0.15) is 24.9 Å². The number of nitrogens with one attached hydrogen (secondary N) is 1. The van der Waals surface area contributed by atoms with E-state index in [-0.39, 0.29) is 31.4 Å². The van der Waals surface area contributed by atoms with Crippen molar-refractivity contribution in [2.24, 2.45) is 5.92 Å².